The summed E-state index contributed by atoms with van der Waals surface area (Å²) >= 11 is 0. The van der Waals surface area contributed by atoms with Crippen molar-refractivity contribution in [3.05, 3.63) is 88.9 Å². The molecular formula is C25H21NO5. The van der Waals surface area contributed by atoms with Crippen molar-refractivity contribution in [1.29, 1.82) is 0 Å². The van der Waals surface area contributed by atoms with Crippen LogP contribution in [0.3, 0.4) is 0 Å². The number of aliphatic hydroxyl groups excluding tert-OH is 1. The monoisotopic (exact) mass is 415 g/mol. The smallest absolute Gasteiger partial charge is 0.300 e. The summed E-state index contributed by atoms with van der Waals surface area (Å²) in [4.78, 5) is 27.7. The number of aliphatic hydroxyl groups is 1. The summed E-state index contributed by atoms with van der Waals surface area (Å²) in [6.45, 7) is 2.54. The summed E-state index contributed by atoms with van der Waals surface area (Å²) in [5.74, 6) is -0.463. The van der Waals surface area contributed by atoms with E-state index in [2.05, 4.69) is 0 Å². The van der Waals surface area contributed by atoms with Crippen LogP contribution in [0.1, 0.15) is 34.9 Å². The van der Waals surface area contributed by atoms with Gasteiger partial charge in [0.15, 0.2) is 0 Å². The molecule has 1 saturated heterocycles. The maximum absolute atomic E-state index is 13.1. The van der Waals surface area contributed by atoms with Crippen LogP contribution >= 0.6 is 0 Å². The van der Waals surface area contributed by atoms with Gasteiger partial charge in [0.25, 0.3) is 11.7 Å². The second kappa shape index (κ2) is 7.47. The number of carbonyl (C=O) groups excluding carboxylic acids is 2. The van der Waals surface area contributed by atoms with E-state index in [-0.39, 0.29) is 11.3 Å². The molecule has 6 nitrogen and oxygen atoms in total. The predicted molar refractivity (Wildman–Crippen MR) is 115 cm³/mol. The number of nitrogens with zero attached hydrogens (tertiary/aromatic N) is 1. The van der Waals surface area contributed by atoms with Crippen molar-refractivity contribution in [3.8, 4) is 5.75 Å². The van der Waals surface area contributed by atoms with E-state index in [0.717, 1.165) is 29.7 Å². The Morgan fingerprint density at radius 3 is 2.71 bits per heavy atom. The number of aryl methyl sites for hydroxylation is 2. The van der Waals surface area contributed by atoms with Crippen LogP contribution < -0.4 is 9.64 Å². The lowest BCUT2D eigenvalue weighted by Crippen LogP contribution is -2.29. The van der Waals surface area contributed by atoms with Crippen LogP contribution in [0.4, 0.5) is 5.69 Å². The lowest BCUT2D eigenvalue weighted by atomic mass is 9.96. The molecular weight excluding hydrogens is 394 g/mol. The summed E-state index contributed by atoms with van der Waals surface area (Å²) in [6.07, 6.45) is 3.21. The summed E-state index contributed by atoms with van der Waals surface area (Å²) in [5, 5.41) is 11.2. The highest BCUT2D eigenvalue weighted by Crippen LogP contribution is 2.43. The largest absolute Gasteiger partial charge is 0.507 e. The van der Waals surface area contributed by atoms with Crippen molar-refractivity contribution in [3.63, 3.8) is 0 Å². The summed E-state index contributed by atoms with van der Waals surface area (Å²) in [7, 11) is 0. The minimum atomic E-state index is -0.858. The Bertz CT molecular complexity index is 1210. The van der Waals surface area contributed by atoms with Crippen LogP contribution in [0.2, 0.25) is 0 Å². The highest BCUT2D eigenvalue weighted by molar-refractivity contribution is 6.51. The second-order valence-corrected chi connectivity index (χ2v) is 7.75. The third-order valence-corrected chi connectivity index (χ3v) is 5.81. The number of para-hydroxylation sites is 1. The Morgan fingerprint density at radius 2 is 1.94 bits per heavy atom. The number of furan rings is 1. The fraction of sp³-hybridized carbons (Fsp3) is 0.200. The van der Waals surface area contributed by atoms with Crippen LogP contribution in [0, 0.1) is 6.92 Å². The molecule has 1 unspecified atom stereocenters. The van der Waals surface area contributed by atoms with Crippen molar-refractivity contribution >= 4 is 23.1 Å². The van der Waals surface area contributed by atoms with Gasteiger partial charge in [-0.25, -0.2) is 0 Å². The Balaban J connectivity index is 1.69. The van der Waals surface area contributed by atoms with Gasteiger partial charge in [0.1, 0.15) is 23.3 Å². The fourth-order valence-electron chi connectivity index (χ4n) is 4.29. The highest BCUT2D eigenvalue weighted by atomic mass is 16.5. The van der Waals surface area contributed by atoms with Crippen molar-refractivity contribution < 1.29 is 23.8 Å². The molecule has 1 N–H and O–H groups in total. The average molecular weight is 415 g/mol. The number of benzene rings is 2. The molecule has 156 valence electrons. The van der Waals surface area contributed by atoms with Crippen LogP contribution in [-0.2, 0) is 16.0 Å². The molecule has 0 spiro atoms. The number of fused-ring (bicyclic) bond motifs is 1. The Labute approximate surface area is 179 Å². The number of hydrogen-bond donors (Lipinski definition) is 1. The third-order valence-electron chi connectivity index (χ3n) is 5.81. The van der Waals surface area contributed by atoms with Gasteiger partial charge >= 0.3 is 0 Å². The molecule has 1 aromatic heterocycles. The first kappa shape index (κ1) is 19.2. The van der Waals surface area contributed by atoms with Crippen molar-refractivity contribution in [1.82, 2.24) is 0 Å². The molecule has 31 heavy (non-hydrogen) atoms. The van der Waals surface area contributed by atoms with Gasteiger partial charge in [-0.3, -0.25) is 14.5 Å². The molecule has 1 fully saturated rings. The lowest BCUT2D eigenvalue weighted by molar-refractivity contribution is -0.132. The molecule has 0 bridgehead atoms. The van der Waals surface area contributed by atoms with E-state index in [1.54, 1.807) is 30.3 Å². The van der Waals surface area contributed by atoms with E-state index in [4.69, 9.17) is 9.15 Å². The molecule has 3 aromatic rings. The number of Topliss-reactive ketones (excluding diaryl/α,β-unsaturated/α-hetero) is 1. The molecule has 0 aliphatic carbocycles. The van der Waals surface area contributed by atoms with Gasteiger partial charge in [-0.15, -0.1) is 0 Å². The van der Waals surface area contributed by atoms with Gasteiger partial charge in [-0.2, -0.15) is 0 Å². The highest BCUT2D eigenvalue weighted by Gasteiger charge is 2.48. The van der Waals surface area contributed by atoms with E-state index in [1.807, 2.05) is 31.2 Å². The molecule has 1 atom stereocenters. The number of anilines is 1. The minimum Gasteiger partial charge on any atom is -0.507 e. The van der Waals surface area contributed by atoms with Gasteiger partial charge in [0, 0.05) is 11.3 Å². The summed E-state index contributed by atoms with van der Waals surface area (Å²) in [6, 6.07) is 15.2. The number of ketones is 1. The summed E-state index contributed by atoms with van der Waals surface area (Å²) in [5.41, 5.74) is 2.90. The second-order valence-electron chi connectivity index (χ2n) is 7.75. The van der Waals surface area contributed by atoms with Crippen LogP contribution in [-0.4, -0.2) is 23.4 Å². The Hall–Kier alpha value is -3.80. The third kappa shape index (κ3) is 3.11. The van der Waals surface area contributed by atoms with Crippen LogP contribution in [0.15, 0.2) is 70.9 Å². The minimum absolute atomic E-state index is 0.0138. The number of amides is 1. The first-order valence-corrected chi connectivity index (χ1v) is 10.2. The average Bonchev–Trinajstić information content (AvgIpc) is 3.41. The van der Waals surface area contributed by atoms with E-state index < -0.39 is 17.7 Å². The maximum Gasteiger partial charge on any atom is 0.300 e. The van der Waals surface area contributed by atoms with E-state index >= 15 is 0 Å². The Morgan fingerprint density at radius 1 is 1.10 bits per heavy atom. The SMILES string of the molecule is Cc1ccccc1N1C(=O)C(=O)/C(=C(\O)c2ccc3c(c2)CCCO3)C1c1ccco1. The van der Waals surface area contributed by atoms with Crippen LogP contribution in [0.5, 0.6) is 5.75 Å². The first-order chi connectivity index (χ1) is 15.1. The zero-order chi connectivity index (χ0) is 21.5. The maximum atomic E-state index is 13.1. The van der Waals surface area contributed by atoms with E-state index in [0.29, 0.717) is 23.6 Å². The zero-order valence-corrected chi connectivity index (χ0v) is 17.0. The number of hydrogen-bond acceptors (Lipinski definition) is 5. The van der Waals surface area contributed by atoms with Crippen LogP contribution in [0.25, 0.3) is 5.76 Å². The molecule has 6 heteroatoms. The fourth-order valence-corrected chi connectivity index (χ4v) is 4.29. The van der Waals surface area contributed by atoms with Crippen molar-refractivity contribution in [2.75, 3.05) is 11.5 Å². The molecule has 0 radical (unpaired) electrons. The molecule has 3 heterocycles. The molecule has 2 aliphatic heterocycles. The number of ether oxygens (including phenoxy) is 1. The summed E-state index contributed by atoms with van der Waals surface area (Å²) < 4.78 is 11.2. The molecule has 5 rings (SSSR count). The quantitative estimate of drug-likeness (QED) is 0.386. The zero-order valence-electron chi connectivity index (χ0n) is 17.0. The van der Waals surface area contributed by atoms with Gasteiger partial charge in [-0.05, 0) is 67.3 Å². The molecule has 1 amide bonds. The van der Waals surface area contributed by atoms with Gasteiger partial charge in [0.2, 0.25) is 0 Å². The first-order valence-electron chi connectivity index (χ1n) is 10.2. The van der Waals surface area contributed by atoms with Crippen molar-refractivity contribution in [2.24, 2.45) is 0 Å². The molecule has 2 aliphatic rings. The molecule has 2 aromatic carbocycles. The number of rotatable bonds is 3. The van der Waals surface area contributed by atoms with Crippen molar-refractivity contribution in [2.45, 2.75) is 25.8 Å². The Kier molecular flexibility index (Phi) is 4.62. The van der Waals surface area contributed by atoms with E-state index in [9.17, 15) is 14.7 Å². The standard InChI is InChI=1S/C25H21NO5/c1-15-6-2-3-8-18(15)26-22(20-9-5-13-31-20)21(24(28)25(26)29)23(27)17-10-11-19-16(14-17)7-4-12-30-19/h2-3,5-6,8-11,13-14,22,27H,4,7,12H2,1H3/b23-21-. The van der Waals surface area contributed by atoms with Gasteiger partial charge in [0.05, 0.1) is 18.4 Å². The normalized spacial score (nSPS) is 19.9. The molecule has 0 saturated carbocycles. The predicted octanol–water partition coefficient (Wildman–Crippen LogP) is 4.54. The van der Waals surface area contributed by atoms with Gasteiger partial charge in [-0.1, -0.05) is 18.2 Å². The van der Waals surface area contributed by atoms with E-state index in [1.165, 1.54) is 11.2 Å². The lowest BCUT2D eigenvalue weighted by Gasteiger charge is -2.25. The van der Waals surface area contributed by atoms with Gasteiger partial charge < -0.3 is 14.3 Å². The topological polar surface area (TPSA) is 80.0 Å². The number of carbonyl (C=O) groups is 2.